The van der Waals surface area contributed by atoms with Crippen molar-refractivity contribution in [2.75, 3.05) is 0 Å². The van der Waals surface area contributed by atoms with Gasteiger partial charge in [0.15, 0.2) is 5.78 Å². The van der Waals surface area contributed by atoms with Crippen molar-refractivity contribution in [2.24, 2.45) is 0 Å². The molecule has 2 aromatic rings. The van der Waals surface area contributed by atoms with Crippen molar-refractivity contribution in [3.05, 3.63) is 59.7 Å². The highest BCUT2D eigenvalue weighted by molar-refractivity contribution is 7.86. The molecule has 0 spiro atoms. The zero-order valence-corrected chi connectivity index (χ0v) is 10.5. The van der Waals surface area contributed by atoms with Gasteiger partial charge in [-0.1, -0.05) is 30.3 Å². The van der Waals surface area contributed by atoms with Gasteiger partial charge in [0.05, 0.1) is 0 Å². The fourth-order valence-electron chi connectivity index (χ4n) is 1.63. The molecule has 0 bridgehead atoms. The first-order valence-corrected chi connectivity index (χ1v) is 6.74. The lowest BCUT2D eigenvalue weighted by atomic mass is 10.0. The summed E-state index contributed by atoms with van der Waals surface area (Å²) >= 11 is 0. The number of ketones is 1. The van der Waals surface area contributed by atoms with E-state index in [1.54, 1.807) is 30.3 Å². The van der Waals surface area contributed by atoms with Crippen LogP contribution in [-0.2, 0) is 10.1 Å². The summed E-state index contributed by atoms with van der Waals surface area (Å²) < 4.78 is 30.7. The van der Waals surface area contributed by atoms with Crippen molar-refractivity contribution in [3.63, 3.8) is 0 Å². The number of aromatic hydroxyl groups is 1. The average Bonchev–Trinajstić information content (AvgIpc) is 2.37. The maximum absolute atomic E-state index is 12.0. The van der Waals surface area contributed by atoms with E-state index in [1.807, 2.05) is 0 Å². The molecule has 0 saturated carbocycles. The Morgan fingerprint density at radius 3 is 2.11 bits per heavy atom. The summed E-state index contributed by atoms with van der Waals surface area (Å²) in [7, 11) is -4.50. The molecule has 0 aliphatic carbocycles. The van der Waals surface area contributed by atoms with Crippen LogP contribution in [0.3, 0.4) is 0 Å². The summed E-state index contributed by atoms with van der Waals surface area (Å²) in [6.07, 6.45) is 0. The minimum Gasteiger partial charge on any atom is -0.506 e. The molecule has 2 N–H and O–H groups in total. The SMILES string of the molecule is O=C(c1ccccc1)c1ccc(S(=O)(=O)O)c(O)c1. The molecule has 0 amide bonds. The number of hydrogen-bond donors (Lipinski definition) is 2. The largest absolute Gasteiger partial charge is 0.506 e. The molecule has 0 fully saturated rings. The highest BCUT2D eigenvalue weighted by Gasteiger charge is 2.17. The smallest absolute Gasteiger partial charge is 0.298 e. The first-order chi connectivity index (χ1) is 8.89. The van der Waals surface area contributed by atoms with Gasteiger partial charge in [0.1, 0.15) is 10.6 Å². The standard InChI is InChI=1S/C13H10O5S/c14-11-8-10(6-7-12(11)19(16,17)18)13(15)9-4-2-1-3-5-9/h1-8,14H,(H,16,17,18). The molecule has 0 unspecified atom stereocenters. The third-order valence-electron chi connectivity index (χ3n) is 2.54. The number of benzene rings is 2. The van der Waals surface area contributed by atoms with Crippen molar-refractivity contribution in [2.45, 2.75) is 4.90 Å². The number of phenols is 1. The molecule has 0 heterocycles. The summed E-state index contributed by atoms with van der Waals surface area (Å²) in [6, 6.07) is 11.6. The van der Waals surface area contributed by atoms with Crippen LogP contribution in [0.2, 0.25) is 0 Å². The summed E-state index contributed by atoms with van der Waals surface area (Å²) in [4.78, 5) is 11.4. The van der Waals surface area contributed by atoms with Gasteiger partial charge in [-0.3, -0.25) is 9.35 Å². The van der Waals surface area contributed by atoms with Crippen LogP contribution in [0.15, 0.2) is 53.4 Å². The fraction of sp³-hybridized carbons (Fsp3) is 0. The van der Waals surface area contributed by atoms with E-state index in [2.05, 4.69) is 0 Å². The Balaban J connectivity index is 2.44. The first kappa shape index (κ1) is 13.3. The van der Waals surface area contributed by atoms with E-state index in [0.29, 0.717) is 5.56 Å². The first-order valence-electron chi connectivity index (χ1n) is 5.30. The van der Waals surface area contributed by atoms with Crippen LogP contribution in [0.1, 0.15) is 15.9 Å². The summed E-state index contributed by atoms with van der Waals surface area (Å²) in [5, 5.41) is 9.53. The third kappa shape index (κ3) is 2.81. The van der Waals surface area contributed by atoms with Gasteiger partial charge in [-0.25, -0.2) is 0 Å². The quantitative estimate of drug-likeness (QED) is 0.660. The van der Waals surface area contributed by atoms with Gasteiger partial charge < -0.3 is 5.11 Å². The lowest BCUT2D eigenvalue weighted by Gasteiger charge is -2.04. The van der Waals surface area contributed by atoms with Gasteiger partial charge in [0, 0.05) is 11.1 Å². The minimum atomic E-state index is -4.50. The highest BCUT2D eigenvalue weighted by Crippen LogP contribution is 2.24. The zero-order valence-electron chi connectivity index (χ0n) is 9.65. The maximum Gasteiger partial charge on any atom is 0.298 e. The van der Waals surface area contributed by atoms with E-state index >= 15 is 0 Å². The molecule has 0 atom stereocenters. The van der Waals surface area contributed by atoms with Crippen LogP contribution in [0.5, 0.6) is 5.75 Å². The molecule has 0 saturated heterocycles. The molecule has 98 valence electrons. The second kappa shape index (κ2) is 4.83. The highest BCUT2D eigenvalue weighted by atomic mass is 32.2. The number of phenolic OH excluding ortho intramolecular Hbond substituents is 1. The fourth-order valence-corrected chi connectivity index (χ4v) is 2.20. The van der Waals surface area contributed by atoms with Crippen molar-refractivity contribution >= 4 is 15.9 Å². The number of hydrogen-bond acceptors (Lipinski definition) is 4. The van der Waals surface area contributed by atoms with E-state index in [0.717, 1.165) is 12.1 Å². The Kier molecular flexibility index (Phi) is 3.37. The molecule has 0 aliphatic heterocycles. The van der Waals surface area contributed by atoms with E-state index in [4.69, 9.17) is 4.55 Å². The van der Waals surface area contributed by atoms with Crippen LogP contribution >= 0.6 is 0 Å². The number of rotatable bonds is 3. The maximum atomic E-state index is 12.0. The van der Waals surface area contributed by atoms with Crippen molar-refractivity contribution in [1.82, 2.24) is 0 Å². The second-order valence-electron chi connectivity index (χ2n) is 3.85. The summed E-state index contributed by atoms with van der Waals surface area (Å²) in [5.41, 5.74) is 0.553. The van der Waals surface area contributed by atoms with Crippen molar-refractivity contribution < 1.29 is 22.9 Å². The topological polar surface area (TPSA) is 91.7 Å². The Morgan fingerprint density at radius 2 is 1.58 bits per heavy atom. The van der Waals surface area contributed by atoms with Crippen molar-refractivity contribution in [1.29, 1.82) is 0 Å². The lowest BCUT2D eigenvalue weighted by molar-refractivity contribution is 0.103. The van der Waals surface area contributed by atoms with Crippen LogP contribution in [-0.4, -0.2) is 23.9 Å². The van der Waals surface area contributed by atoms with Crippen LogP contribution in [0.25, 0.3) is 0 Å². The van der Waals surface area contributed by atoms with E-state index in [-0.39, 0.29) is 11.3 Å². The Labute approximate surface area is 109 Å². The third-order valence-corrected chi connectivity index (χ3v) is 3.44. The molecule has 0 aliphatic rings. The van der Waals surface area contributed by atoms with Gasteiger partial charge in [0.2, 0.25) is 0 Å². The van der Waals surface area contributed by atoms with E-state index in [1.165, 1.54) is 6.07 Å². The minimum absolute atomic E-state index is 0.135. The second-order valence-corrected chi connectivity index (χ2v) is 5.24. The Morgan fingerprint density at radius 1 is 0.947 bits per heavy atom. The Bertz CT molecular complexity index is 720. The number of carbonyl (C=O) groups is 1. The van der Waals surface area contributed by atoms with E-state index in [9.17, 15) is 18.3 Å². The number of carbonyl (C=O) groups excluding carboxylic acids is 1. The van der Waals surface area contributed by atoms with Crippen molar-refractivity contribution in [3.8, 4) is 5.75 Å². The average molecular weight is 278 g/mol. The zero-order chi connectivity index (χ0) is 14.0. The van der Waals surface area contributed by atoms with Crippen LogP contribution in [0, 0.1) is 0 Å². The molecular weight excluding hydrogens is 268 g/mol. The van der Waals surface area contributed by atoms with Gasteiger partial charge in [-0.15, -0.1) is 0 Å². The molecule has 0 radical (unpaired) electrons. The van der Waals surface area contributed by atoms with Gasteiger partial charge in [-0.05, 0) is 18.2 Å². The molecular formula is C13H10O5S. The summed E-state index contributed by atoms with van der Waals surface area (Å²) in [5.74, 6) is -1.01. The molecule has 5 nitrogen and oxygen atoms in total. The Hall–Kier alpha value is -2.18. The van der Waals surface area contributed by atoms with Crippen LogP contribution < -0.4 is 0 Å². The van der Waals surface area contributed by atoms with Gasteiger partial charge >= 0.3 is 0 Å². The molecule has 0 aromatic heterocycles. The molecule has 2 rings (SSSR count). The molecule has 19 heavy (non-hydrogen) atoms. The normalized spacial score (nSPS) is 11.2. The summed E-state index contributed by atoms with van der Waals surface area (Å²) in [6.45, 7) is 0. The lowest BCUT2D eigenvalue weighted by Crippen LogP contribution is -2.03. The molecule has 2 aromatic carbocycles. The predicted octanol–water partition coefficient (Wildman–Crippen LogP) is 1.87. The van der Waals surface area contributed by atoms with E-state index < -0.39 is 20.8 Å². The predicted molar refractivity (Wildman–Crippen MR) is 67.8 cm³/mol. The molecule has 6 heteroatoms. The van der Waals surface area contributed by atoms with Gasteiger partial charge in [-0.2, -0.15) is 8.42 Å². The van der Waals surface area contributed by atoms with Gasteiger partial charge in [0.25, 0.3) is 10.1 Å². The van der Waals surface area contributed by atoms with Crippen LogP contribution in [0.4, 0.5) is 0 Å². The monoisotopic (exact) mass is 278 g/mol.